The molecule has 144 valence electrons. The van der Waals surface area contributed by atoms with Crippen LogP contribution in [0.3, 0.4) is 0 Å². The summed E-state index contributed by atoms with van der Waals surface area (Å²) >= 11 is 0. The molecule has 0 atom stereocenters. The molecule has 0 N–H and O–H groups in total. The number of carbonyl (C=O) groups is 1. The second-order valence-electron chi connectivity index (χ2n) is 8.23. The van der Waals surface area contributed by atoms with Crippen LogP contribution >= 0.6 is 0 Å². The van der Waals surface area contributed by atoms with Crippen LogP contribution in [0.25, 0.3) is 21.9 Å². The van der Waals surface area contributed by atoms with Crippen molar-refractivity contribution >= 4 is 27.8 Å². The largest absolute Gasteiger partial charge is 0.338 e. The fourth-order valence-electron chi connectivity index (χ4n) is 4.47. The number of nitrogens with zero attached hydrogens (tertiary/aromatic N) is 4. The monoisotopic (exact) mass is 366 g/mol. The van der Waals surface area contributed by atoms with Crippen LogP contribution in [-0.4, -0.2) is 57.1 Å². The summed E-state index contributed by atoms with van der Waals surface area (Å²) in [5.74, 6) is 0.150. The maximum atomic E-state index is 13.3. The van der Waals surface area contributed by atoms with Gasteiger partial charge in [-0.15, -0.1) is 0 Å². The lowest BCUT2D eigenvalue weighted by molar-refractivity contribution is 0.0587. The number of rotatable bonds is 3. The number of para-hydroxylation sites is 1. The lowest BCUT2D eigenvalue weighted by Crippen LogP contribution is -2.50. The highest BCUT2D eigenvalue weighted by atomic mass is 16.2. The zero-order valence-corrected chi connectivity index (χ0v) is 17.1. The van der Waals surface area contributed by atoms with E-state index in [0.717, 1.165) is 42.9 Å². The first-order valence-corrected chi connectivity index (χ1v) is 10.0. The molecule has 1 aliphatic heterocycles. The van der Waals surface area contributed by atoms with Gasteiger partial charge in [-0.1, -0.05) is 18.2 Å². The first-order valence-electron chi connectivity index (χ1n) is 10.0. The molecule has 1 saturated heterocycles. The Morgan fingerprint density at radius 3 is 2.22 bits per heavy atom. The smallest absolute Gasteiger partial charge is 0.270 e. The lowest BCUT2D eigenvalue weighted by atomic mass is 10.2. The van der Waals surface area contributed by atoms with E-state index in [2.05, 4.69) is 72.1 Å². The number of carbonyl (C=O) groups excluding carboxylic acids is 1. The molecule has 5 heteroatoms. The number of benzene rings is 1. The molecule has 1 aliphatic rings. The fourth-order valence-corrected chi connectivity index (χ4v) is 4.47. The predicted molar refractivity (Wildman–Crippen MR) is 111 cm³/mol. The van der Waals surface area contributed by atoms with Crippen LogP contribution in [0.15, 0.2) is 30.3 Å². The number of amides is 1. The maximum absolute atomic E-state index is 13.3. The third kappa shape index (κ3) is 2.85. The van der Waals surface area contributed by atoms with Gasteiger partial charge in [0.25, 0.3) is 5.91 Å². The Morgan fingerprint density at radius 2 is 1.59 bits per heavy atom. The van der Waals surface area contributed by atoms with Crippen LogP contribution in [0.5, 0.6) is 0 Å². The Bertz CT molecular complexity index is 987. The van der Waals surface area contributed by atoms with Gasteiger partial charge in [-0.2, -0.15) is 0 Å². The minimum atomic E-state index is 0.150. The number of aromatic nitrogens is 2. The van der Waals surface area contributed by atoms with Gasteiger partial charge in [0.1, 0.15) is 5.69 Å². The van der Waals surface area contributed by atoms with Crippen LogP contribution in [0.4, 0.5) is 0 Å². The van der Waals surface area contributed by atoms with Crippen LogP contribution in [0.1, 0.15) is 44.2 Å². The average molecular weight is 367 g/mol. The van der Waals surface area contributed by atoms with Crippen molar-refractivity contribution in [1.82, 2.24) is 18.9 Å². The van der Waals surface area contributed by atoms with E-state index in [1.165, 1.54) is 10.9 Å². The highest BCUT2D eigenvalue weighted by Crippen LogP contribution is 2.34. The molecule has 0 aliphatic carbocycles. The molecule has 0 saturated carbocycles. The minimum absolute atomic E-state index is 0.150. The Kier molecular flexibility index (Phi) is 4.50. The van der Waals surface area contributed by atoms with Gasteiger partial charge in [-0.3, -0.25) is 9.69 Å². The van der Waals surface area contributed by atoms with E-state index in [9.17, 15) is 4.79 Å². The van der Waals surface area contributed by atoms with E-state index in [1.807, 2.05) is 11.9 Å². The highest BCUT2D eigenvalue weighted by molar-refractivity contribution is 6.10. The van der Waals surface area contributed by atoms with Gasteiger partial charge in [-0.25, -0.2) is 0 Å². The van der Waals surface area contributed by atoms with Crippen LogP contribution < -0.4 is 0 Å². The van der Waals surface area contributed by atoms with Gasteiger partial charge in [-0.05, 0) is 39.8 Å². The summed E-state index contributed by atoms with van der Waals surface area (Å²) in [6.07, 6.45) is 0. The van der Waals surface area contributed by atoms with E-state index >= 15 is 0 Å². The van der Waals surface area contributed by atoms with Crippen molar-refractivity contribution in [2.45, 2.75) is 39.8 Å². The van der Waals surface area contributed by atoms with E-state index in [1.54, 1.807) is 0 Å². The molecule has 0 spiro atoms. The molecular weight excluding hydrogens is 336 g/mol. The Balaban J connectivity index is 1.74. The number of hydrogen-bond acceptors (Lipinski definition) is 2. The standard InChI is InChI=1S/C22H30N4O/c1-15(2)24-10-12-25(13-11-24)22(27)20-14-19-21(23(20)5)17-8-6-7-9-18(17)26(19)16(3)4/h6-9,14-16H,10-13H2,1-5H3. The zero-order chi connectivity index (χ0) is 19.3. The quantitative estimate of drug-likeness (QED) is 0.705. The topological polar surface area (TPSA) is 33.4 Å². The molecule has 5 nitrogen and oxygen atoms in total. The minimum Gasteiger partial charge on any atom is -0.338 e. The third-order valence-corrected chi connectivity index (χ3v) is 5.96. The molecule has 0 unspecified atom stereocenters. The van der Waals surface area contributed by atoms with Gasteiger partial charge in [0.15, 0.2) is 0 Å². The van der Waals surface area contributed by atoms with Crippen molar-refractivity contribution < 1.29 is 4.79 Å². The second kappa shape index (κ2) is 6.71. The number of aryl methyl sites for hydroxylation is 1. The highest BCUT2D eigenvalue weighted by Gasteiger charge is 2.27. The summed E-state index contributed by atoms with van der Waals surface area (Å²) in [6.45, 7) is 12.4. The van der Waals surface area contributed by atoms with E-state index in [4.69, 9.17) is 0 Å². The molecule has 1 fully saturated rings. The summed E-state index contributed by atoms with van der Waals surface area (Å²) in [5, 5.41) is 1.22. The molecular formula is C22H30N4O. The second-order valence-corrected chi connectivity index (χ2v) is 8.23. The van der Waals surface area contributed by atoms with Gasteiger partial charge in [0.05, 0.1) is 16.6 Å². The first kappa shape index (κ1) is 18.1. The molecule has 0 radical (unpaired) electrons. The first-order chi connectivity index (χ1) is 12.9. The Hall–Kier alpha value is -2.27. The van der Waals surface area contributed by atoms with Crippen molar-refractivity contribution in [2.24, 2.45) is 7.05 Å². The molecule has 0 bridgehead atoms. The van der Waals surface area contributed by atoms with Gasteiger partial charge in [0, 0.05) is 50.7 Å². The van der Waals surface area contributed by atoms with Crippen LogP contribution in [0, 0.1) is 0 Å². The van der Waals surface area contributed by atoms with Gasteiger partial charge >= 0.3 is 0 Å². The summed E-state index contributed by atoms with van der Waals surface area (Å²) in [7, 11) is 2.02. The molecule has 4 rings (SSSR count). The molecule has 1 amide bonds. The maximum Gasteiger partial charge on any atom is 0.270 e. The number of hydrogen-bond donors (Lipinski definition) is 0. The van der Waals surface area contributed by atoms with Crippen LogP contribution in [-0.2, 0) is 7.05 Å². The van der Waals surface area contributed by atoms with Crippen molar-refractivity contribution in [1.29, 1.82) is 0 Å². The predicted octanol–water partition coefficient (Wildman–Crippen LogP) is 3.88. The Morgan fingerprint density at radius 1 is 0.926 bits per heavy atom. The van der Waals surface area contributed by atoms with Crippen molar-refractivity contribution in [3.63, 3.8) is 0 Å². The molecule has 2 aromatic heterocycles. The summed E-state index contributed by atoms with van der Waals surface area (Å²) in [4.78, 5) is 17.7. The van der Waals surface area contributed by atoms with Crippen molar-refractivity contribution in [2.75, 3.05) is 26.2 Å². The normalized spacial score (nSPS) is 16.3. The zero-order valence-electron chi connectivity index (χ0n) is 17.1. The summed E-state index contributed by atoms with van der Waals surface area (Å²) < 4.78 is 4.44. The number of piperazine rings is 1. The average Bonchev–Trinajstić information content (AvgIpc) is 3.15. The molecule has 3 heterocycles. The van der Waals surface area contributed by atoms with E-state index in [-0.39, 0.29) is 5.91 Å². The number of fused-ring (bicyclic) bond motifs is 3. The van der Waals surface area contributed by atoms with Crippen molar-refractivity contribution in [3.8, 4) is 0 Å². The molecule has 1 aromatic carbocycles. The summed E-state index contributed by atoms with van der Waals surface area (Å²) in [5.41, 5.74) is 4.33. The van der Waals surface area contributed by atoms with E-state index in [0.29, 0.717) is 12.1 Å². The SMILES string of the molecule is CC(C)N1CCN(C(=O)c2cc3c(c4ccccc4n3C(C)C)n2C)CC1. The van der Waals surface area contributed by atoms with Crippen LogP contribution in [0.2, 0.25) is 0 Å². The van der Waals surface area contributed by atoms with Gasteiger partial charge in [0.2, 0.25) is 0 Å². The van der Waals surface area contributed by atoms with Crippen molar-refractivity contribution in [3.05, 3.63) is 36.0 Å². The van der Waals surface area contributed by atoms with Gasteiger partial charge < -0.3 is 14.0 Å². The van der Waals surface area contributed by atoms with E-state index < -0.39 is 0 Å². The third-order valence-electron chi connectivity index (χ3n) is 5.96. The lowest BCUT2D eigenvalue weighted by Gasteiger charge is -2.36. The molecule has 27 heavy (non-hydrogen) atoms. The summed E-state index contributed by atoms with van der Waals surface area (Å²) in [6, 6.07) is 11.5. The molecule has 3 aromatic rings. The fraction of sp³-hybridized carbons (Fsp3) is 0.500. The Labute approximate surface area is 161 Å².